The molecule has 1 aliphatic carbocycles. The lowest BCUT2D eigenvalue weighted by Crippen LogP contribution is -2.20. The largest absolute Gasteiger partial charge is 0.294 e. The number of carbonyl (C=O) groups is 2. The minimum absolute atomic E-state index is 0.0761. The van der Waals surface area contributed by atoms with Gasteiger partial charge in [0.1, 0.15) is 0 Å². The molecule has 1 aliphatic rings. The predicted molar refractivity (Wildman–Crippen MR) is 65.9 cm³/mol. The highest BCUT2D eigenvalue weighted by molar-refractivity contribution is 7.81. The number of ketones is 2. The second-order valence-electron chi connectivity index (χ2n) is 3.57. The van der Waals surface area contributed by atoms with E-state index >= 15 is 0 Å². The lowest BCUT2D eigenvalue weighted by Gasteiger charge is -2.15. The van der Waals surface area contributed by atoms with Gasteiger partial charge in [0.05, 0.1) is 4.86 Å². The zero-order valence-electron chi connectivity index (χ0n) is 8.82. The first-order valence-corrected chi connectivity index (χ1v) is 5.49. The fourth-order valence-corrected chi connectivity index (χ4v) is 2.06. The van der Waals surface area contributed by atoms with Crippen molar-refractivity contribution in [1.82, 2.24) is 0 Å². The Hall–Kier alpha value is -1.61. The molecule has 0 atom stereocenters. The van der Waals surface area contributed by atoms with Crippen LogP contribution in [0.3, 0.4) is 0 Å². The number of Topliss-reactive ketones (excluding diaryl/α,β-unsaturated/α-hetero) is 1. The van der Waals surface area contributed by atoms with Crippen molar-refractivity contribution in [3.63, 3.8) is 0 Å². The molecule has 2 nitrogen and oxygen atoms in total. The van der Waals surface area contributed by atoms with Crippen LogP contribution in [0.5, 0.6) is 0 Å². The molecule has 16 heavy (non-hydrogen) atoms. The zero-order valence-corrected chi connectivity index (χ0v) is 9.64. The molecule has 0 unspecified atom stereocenters. The summed E-state index contributed by atoms with van der Waals surface area (Å²) >= 11 is 5.24. The molecule has 2 rings (SSSR count). The molecule has 0 N–H and O–H groups in total. The average Bonchev–Trinajstić information content (AvgIpc) is 2.33. The Morgan fingerprint density at radius 2 is 1.88 bits per heavy atom. The van der Waals surface area contributed by atoms with E-state index in [0.29, 0.717) is 28.0 Å². The van der Waals surface area contributed by atoms with Crippen molar-refractivity contribution >= 4 is 28.6 Å². The van der Waals surface area contributed by atoms with Crippen molar-refractivity contribution < 1.29 is 9.59 Å². The molecule has 0 aliphatic heterocycles. The maximum atomic E-state index is 11.8. The molecule has 0 fully saturated rings. The van der Waals surface area contributed by atoms with Crippen LogP contribution in [0.15, 0.2) is 35.9 Å². The van der Waals surface area contributed by atoms with Crippen LogP contribution in [0.4, 0.5) is 0 Å². The van der Waals surface area contributed by atoms with Gasteiger partial charge < -0.3 is 0 Å². The molecule has 80 valence electrons. The van der Waals surface area contributed by atoms with Crippen LogP contribution in [-0.4, -0.2) is 16.4 Å². The van der Waals surface area contributed by atoms with Crippen LogP contribution in [0.2, 0.25) is 0 Å². The summed E-state index contributed by atoms with van der Waals surface area (Å²) in [6.07, 6.45) is 1.72. The van der Waals surface area contributed by atoms with Gasteiger partial charge in [0.15, 0.2) is 11.6 Å². The van der Waals surface area contributed by atoms with Crippen molar-refractivity contribution in [3.05, 3.63) is 47.0 Å². The number of allylic oxidation sites excluding steroid dienone is 2. The first-order chi connectivity index (χ1) is 7.65. The first kappa shape index (κ1) is 10.9. The van der Waals surface area contributed by atoms with Crippen molar-refractivity contribution in [2.75, 3.05) is 0 Å². The Labute approximate surface area is 99.0 Å². The lowest BCUT2D eigenvalue weighted by molar-refractivity contribution is -0.114. The standard InChI is InChI=1S/C13H10O2S/c1-2-11(14)10-7-12(15)8-5-3-4-6-9(8)13(10)16/h3-7H,2H2,1H3. The molecule has 0 amide bonds. The van der Waals surface area contributed by atoms with Crippen molar-refractivity contribution in [1.29, 1.82) is 0 Å². The maximum absolute atomic E-state index is 11.8. The van der Waals surface area contributed by atoms with Crippen LogP contribution in [0.1, 0.15) is 29.3 Å². The monoisotopic (exact) mass is 230 g/mol. The highest BCUT2D eigenvalue weighted by Gasteiger charge is 2.24. The first-order valence-electron chi connectivity index (χ1n) is 5.08. The summed E-state index contributed by atoms with van der Waals surface area (Å²) in [6, 6.07) is 7.12. The predicted octanol–water partition coefficient (Wildman–Crippen LogP) is 2.51. The molecule has 1 aromatic rings. The quantitative estimate of drug-likeness (QED) is 0.732. The number of hydrogen-bond acceptors (Lipinski definition) is 3. The zero-order chi connectivity index (χ0) is 11.7. The van der Waals surface area contributed by atoms with E-state index in [1.807, 2.05) is 6.07 Å². The molecule has 0 aromatic heterocycles. The Balaban J connectivity index is 2.56. The Morgan fingerprint density at radius 3 is 2.50 bits per heavy atom. The fraction of sp³-hybridized carbons (Fsp3) is 0.154. The number of benzene rings is 1. The molecular weight excluding hydrogens is 220 g/mol. The molecule has 0 saturated carbocycles. The van der Waals surface area contributed by atoms with Gasteiger partial charge in [-0.15, -0.1) is 0 Å². The normalized spacial score (nSPS) is 14.4. The van der Waals surface area contributed by atoms with Gasteiger partial charge in [-0.25, -0.2) is 0 Å². The van der Waals surface area contributed by atoms with Gasteiger partial charge in [0.25, 0.3) is 0 Å². The van der Waals surface area contributed by atoms with E-state index in [1.165, 1.54) is 6.08 Å². The molecule has 3 heteroatoms. The fourth-order valence-electron chi connectivity index (χ4n) is 1.71. The summed E-state index contributed by atoms with van der Waals surface area (Å²) < 4.78 is 0. The second-order valence-corrected chi connectivity index (χ2v) is 3.98. The van der Waals surface area contributed by atoms with Gasteiger partial charge in [0, 0.05) is 23.1 Å². The van der Waals surface area contributed by atoms with Crippen LogP contribution in [0, 0.1) is 0 Å². The maximum Gasteiger partial charge on any atom is 0.187 e. The summed E-state index contributed by atoms with van der Waals surface area (Å²) in [6.45, 7) is 1.76. The van der Waals surface area contributed by atoms with Crippen molar-refractivity contribution in [2.45, 2.75) is 13.3 Å². The van der Waals surface area contributed by atoms with E-state index in [-0.39, 0.29) is 11.6 Å². The van der Waals surface area contributed by atoms with Gasteiger partial charge in [0.2, 0.25) is 0 Å². The minimum Gasteiger partial charge on any atom is -0.294 e. The smallest absolute Gasteiger partial charge is 0.187 e. The average molecular weight is 230 g/mol. The molecule has 0 radical (unpaired) electrons. The number of fused-ring (bicyclic) bond motifs is 1. The van der Waals surface area contributed by atoms with Gasteiger partial charge >= 0.3 is 0 Å². The molecule has 0 saturated heterocycles. The summed E-state index contributed by atoms with van der Waals surface area (Å²) in [4.78, 5) is 23.9. The summed E-state index contributed by atoms with van der Waals surface area (Å²) in [5, 5.41) is 0. The third-order valence-electron chi connectivity index (χ3n) is 2.58. The van der Waals surface area contributed by atoms with E-state index in [9.17, 15) is 9.59 Å². The van der Waals surface area contributed by atoms with E-state index in [4.69, 9.17) is 12.2 Å². The molecule has 0 bridgehead atoms. The van der Waals surface area contributed by atoms with Gasteiger partial charge in [-0.05, 0) is 6.08 Å². The van der Waals surface area contributed by atoms with Crippen molar-refractivity contribution in [3.8, 4) is 0 Å². The van der Waals surface area contributed by atoms with E-state index in [2.05, 4.69) is 0 Å². The SMILES string of the molecule is CCC(=O)C1=CC(=O)c2ccccc2C1=S. The van der Waals surface area contributed by atoms with Crippen molar-refractivity contribution in [2.24, 2.45) is 0 Å². The van der Waals surface area contributed by atoms with E-state index < -0.39 is 0 Å². The highest BCUT2D eigenvalue weighted by atomic mass is 32.1. The van der Waals surface area contributed by atoms with Gasteiger partial charge in [-0.3, -0.25) is 9.59 Å². The van der Waals surface area contributed by atoms with Crippen LogP contribution >= 0.6 is 12.2 Å². The lowest BCUT2D eigenvalue weighted by atomic mass is 9.88. The summed E-state index contributed by atoms with van der Waals surface area (Å²) in [5.74, 6) is -0.214. The Bertz CT molecular complexity index is 526. The van der Waals surface area contributed by atoms with Crippen LogP contribution in [0.25, 0.3) is 0 Å². The number of carbonyl (C=O) groups excluding carboxylic acids is 2. The molecule has 0 heterocycles. The number of rotatable bonds is 2. The minimum atomic E-state index is -0.138. The molecular formula is C13H10O2S. The topological polar surface area (TPSA) is 34.1 Å². The summed E-state index contributed by atoms with van der Waals surface area (Å²) in [5.41, 5.74) is 1.66. The summed E-state index contributed by atoms with van der Waals surface area (Å²) in [7, 11) is 0. The van der Waals surface area contributed by atoms with E-state index in [1.54, 1.807) is 25.1 Å². The highest BCUT2D eigenvalue weighted by Crippen LogP contribution is 2.23. The third kappa shape index (κ3) is 1.63. The number of hydrogen-bond donors (Lipinski definition) is 0. The van der Waals surface area contributed by atoms with Gasteiger partial charge in [-0.2, -0.15) is 0 Å². The van der Waals surface area contributed by atoms with Gasteiger partial charge in [-0.1, -0.05) is 43.4 Å². The molecule has 1 aromatic carbocycles. The molecule has 0 spiro atoms. The van der Waals surface area contributed by atoms with E-state index in [0.717, 1.165) is 0 Å². The third-order valence-corrected chi connectivity index (χ3v) is 3.02. The Morgan fingerprint density at radius 1 is 1.25 bits per heavy atom. The Kier molecular flexibility index (Phi) is 2.79. The van der Waals surface area contributed by atoms with Crippen LogP contribution in [-0.2, 0) is 4.79 Å². The second kappa shape index (κ2) is 4.10. The number of thiocarbonyl (C=S) groups is 1. The van der Waals surface area contributed by atoms with Crippen LogP contribution < -0.4 is 0 Å².